The predicted octanol–water partition coefficient (Wildman–Crippen LogP) is 1.31. The van der Waals surface area contributed by atoms with Gasteiger partial charge < -0.3 is 15.4 Å². The summed E-state index contributed by atoms with van der Waals surface area (Å²) in [6.45, 7) is 6.95. The van der Waals surface area contributed by atoms with E-state index in [4.69, 9.17) is 4.74 Å². The van der Waals surface area contributed by atoms with Crippen molar-refractivity contribution in [3.8, 4) is 0 Å². The van der Waals surface area contributed by atoms with E-state index in [-0.39, 0.29) is 17.4 Å². The summed E-state index contributed by atoms with van der Waals surface area (Å²) in [5.41, 5.74) is 0.190. The molecule has 0 unspecified atom stereocenters. The second kappa shape index (κ2) is 5.17. The van der Waals surface area contributed by atoms with Crippen molar-refractivity contribution in [3.05, 3.63) is 0 Å². The third-order valence-electron chi connectivity index (χ3n) is 4.68. The molecular weight excluding hydrogens is 228 g/mol. The fourth-order valence-electron chi connectivity index (χ4n) is 2.91. The highest BCUT2D eigenvalue weighted by Crippen LogP contribution is 2.58. The Kier molecular flexibility index (Phi) is 3.97. The number of hydrogen-bond donors (Lipinski definition) is 2. The molecule has 104 valence electrons. The number of carbonyl (C=O) groups excluding carboxylic acids is 1. The molecule has 0 aromatic heterocycles. The van der Waals surface area contributed by atoms with Crippen molar-refractivity contribution in [1.29, 1.82) is 0 Å². The normalized spacial score (nSPS) is 26.1. The van der Waals surface area contributed by atoms with E-state index in [1.807, 2.05) is 13.8 Å². The molecule has 0 aromatic carbocycles. The van der Waals surface area contributed by atoms with Gasteiger partial charge in [-0.2, -0.15) is 0 Å². The van der Waals surface area contributed by atoms with Gasteiger partial charge in [0.05, 0.1) is 5.60 Å². The average Bonchev–Trinajstić information content (AvgIpc) is 3.03. The Labute approximate surface area is 110 Å². The number of amides is 1. The summed E-state index contributed by atoms with van der Waals surface area (Å²) in [5, 5.41) is 6.43. The van der Waals surface area contributed by atoms with Crippen LogP contribution in [-0.4, -0.2) is 38.3 Å². The number of methoxy groups -OCH3 is 1. The maximum atomic E-state index is 12.1. The minimum atomic E-state index is -0.150. The molecule has 1 saturated heterocycles. The van der Waals surface area contributed by atoms with Gasteiger partial charge in [-0.1, -0.05) is 0 Å². The van der Waals surface area contributed by atoms with Gasteiger partial charge in [0, 0.05) is 19.6 Å². The molecule has 4 nitrogen and oxygen atoms in total. The summed E-state index contributed by atoms with van der Waals surface area (Å²) in [7, 11) is 1.72. The summed E-state index contributed by atoms with van der Waals surface area (Å²) < 4.78 is 5.35. The minimum Gasteiger partial charge on any atom is -0.379 e. The van der Waals surface area contributed by atoms with Crippen LogP contribution < -0.4 is 10.6 Å². The van der Waals surface area contributed by atoms with Crippen LogP contribution in [0.4, 0.5) is 0 Å². The van der Waals surface area contributed by atoms with Gasteiger partial charge in [-0.05, 0) is 58.0 Å². The maximum absolute atomic E-state index is 12.1. The molecule has 2 N–H and O–H groups in total. The SMILES string of the molecule is COC(C)(C)CCNC(=O)[C@@H]1CC12CCNCC2. The van der Waals surface area contributed by atoms with Crippen LogP contribution in [0.15, 0.2) is 0 Å². The molecule has 2 rings (SSSR count). The van der Waals surface area contributed by atoms with Gasteiger partial charge in [0.2, 0.25) is 5.91 Å². The van der Waals surface area contributed by atoms with Crippen molar-refractivity contribution in [2.24, 2.45) is 11.3 Å². The lowest BCUT2D eigenvalue weighted by molar-refractivity contribution is -0.123. The first-order valence-corrected chi connectivity index (χ1v) is 7.03. The van der Waals surface area contributed by atoms with Crippen molar-refractivity contribution < 1.29 is 9.53 Å². The zero-order valence-corrected chi connectivity index (χ0v) is 11.8. The van der Waals surface area contributed by atoms with Gasteiger partial charge in [0.25, 0.3) is 0 Å². The minimum absolute atomic E-state index is 0.150. The second-order valence-electron chi connectivity index (χ2n) is 6.37. The Bertz CT molecular complexity index is 309. The smallest absolute Gasteiger partial charge is 0.223 e. The van der Waals surface area contributed by atoms with Crippen molar-refractivity contribution >= 4 is 5.91 Å². The van der Waals surface area contributed by atoms with E-state index in [9.17, 15) is 4.79 Å². The fourth-order valence-corrected chi connectivity index (χ4v) is 2.91. The Morgan fingerprint density at radius 3 is 2.72 bits per heavy atom. The predicted molar refractivity (Wildman–Crippen MR) is 71.4 cm³/mol. The summed E-state index contributed by atoms with van der Waals surface area (Å²) >= 11 is 0. The van der Waals surface area contributed by atoms with E-state index < -0.39 is 0 Å². The van der Waals surface area contributed by atoms with E-state index in [1.54, 1.807) is 7.11 Å². The lowest BCUT2D eigenvalue weighted by Gasteiger charge is -2.24. The molecule has 1 aliphatic carbocycles. The van der Waals surface area contributed by atoms with E-state index in [0.29, 0.717) is 12.0 Å². The van der Waals surface area contributed by atoms with Crippen molar-refractivity contribution in [2.45, 2.75) is 45.1 Å². The molecule has 0 radical (unpaired) electrons. The van der Waals surface area contributed by atoms with Crippen LogP contribution >= 0.6 is 0 Å². The highest BCUT2D eigenvalue weighted by Gasteiger charge is 2.57. The van der Waals surface area contributed by atoms with E-state index in [0.717, 1.165) is 38.8 Å². The lowest BCUT2D eigenvalue weighted by Crippen LogP contribution is -2.36. The Morgan fingerprint density at radius 2 is 2.11 bits per heavy atom. The highest BCUT2D eigenvalue weighted by molar-refractivity contribution is 5.82. The molecular formula is C14H26N2O2. The van der Waals surface area contributed by atoms with E-state index >= 15 is 0 Å². The van der Waals surface area contributed by atoms with Gasteiger partial charge >= 0.3 is 0 Å². The van der Waals surface area contributed by atoms with Crippen LogP contribution in [0.25, 0.3) is 0 Å². The molecule has 1 heterocycles. The maximum Gasteiger partial charge on any atom is 0.223 e. The molecule has 1 aliphatic heterocycles. The number of rotatable bonds is 5. The van der Waals surface area contributed by atoms with Crippen LogP contribution in [0.2, 0.25) is 0 Å². The van der Waals surface area contributed by atoms with E-state index in [1.165, 1.54) is 0 Å². The standard InChI is InChI=1S/C14H26N2O2/c1-13(2,18-3)4-9-16-12(17)11-10-14(11)5-7-15-8-6-14/h11,15H,4-10H2,1-3H3,(H,16,17)/t11-/m0/s1. The van der Waals surface area contributed by atoms with Crippen LogP contribution in [0.5, 0.6) is 0 Å². The first-order valence-electron chi connectivity index (χ1n) is 7.03. The molecule has 0 aromatic rings. The lowest BCUT2D eigenvalue weighted by atomic mass is 9.92. The summed E-state index contributed by atoms with van der Waals surface area (Å²) in [5.74, 6) is 0.522. The highest BCUT2D eigenvalue weighted by atomic mass is 16.5. The second-order valence-corrected chi connectivity index (χ2v) is 6.37. The average molecular weight is 254 g/mol. The van der Waals surface area contributed by atoms with Gasteiger partial charge in [-0.15, -0.1) is 0 Å². The van der Waals surface area contributed by atoms with Crippen LogP contribution in [0, 0.1) is 11.3 Å². The van der Waals surface area contributed by atoms with Crippen LogP contribution in [0.1, 0.15) is 39.5 Å². The van der Waals surface area contributed by atoms with Gasteiger partial charge in [-0.25, -0.2) is 0 Å². The number of nitrogens with one attached hydrogen (secondary N) is 2. The van der Waals surface area contributed by atoms with Crippen molar-refractivity contribution in [2.75, 3.05) is 26.7 Å². The van der Waals surface area contributed by atoms with Crippen molar-refractivity contribution in [3.63, 3.8) is 0 Å². The monoisotopic (exact) mass is 254 g/mol. The molecule has 1 saturated carbocycles. The van der Waals surface area contributed by atoms with Gasteiger partial charge in [0.1, 0.15) is 0 Å². The number of hydrogen-bond acceptors (Lipinski definition) is 3. The summed E-state index contributed by atoms with van der Waals surface area (Å²) in [6, 6.07) is 0. The molecule has 2 fully saturated rings. The topological polar surface area (TPSA) is 50.4 Å². The summed E-state index contributed by atoms with van der Waals surface area (Å²) in [4.78, 5) is 12.1. The van der Waals surface area contributed by atoms with Gasteiger partial charge in [0.15, 0.2) is 0 Å². The molecule has 1 amide bonds. The third kappa shape index (κ3) is 3.04. The fraction of sp³-hybridized carbons (Fsp3) is 0.929. The molecule has 4 heteroatoms. The number of piperidine rings is 1. The zero-order chi connectivity index (χ0) is 13.2. The summed E-state index contributed by atoms with van der Waals surface area (Å²) in [6.07, 6.45) is 4.27. The first-order chi connectivity index (χ1) is 8.49. The van der Waals surface area contributed by atoms with E-state index in [2.05, 4.69) is 10.6 Å². The van der Waals surface area contributed by atoms with Crippen LogP contribution in [-0.2, 0) is 9.53 Å². The molecule has 0 bridgehead atoms. The zero-order valence-electron chi connectivity index (χ0n) is 11.8. The molecule has 2 aliphatic rings. The Balaban J connectivity index is 1.70. The third-order valence-corrected chi connectivity index (χ3v) is 4.68. The van der Waals surface area contributed by atoms with Crippen LogP contribution in [0.3, 0.4) is 0 Å². The number of carbonyl (C=O) groups is 1. The largest absolute Gasteiger partial charge is 0.379 e. The molecule has 18 heavy (non-hydrogen) atoms. The van der Waals surface area contributed by atoms with Crippen molar-refractivity contribution in [1.82, 2.24) is 10.6 Å². The Hall–Kier alpha value is -0.610. The molecule has 1 atom stereocenters. The Morgan fingerprint density at radius 1 is 1.44 bits per heavy atom. The molecule has 1 spiro atoms. The number of ether oxygens (including phenoxy) is 1. The quantitative estimate of drug-likeness (QED) is 0.777. The van der Waals surface area contributed by atoms with Gasteiger partial charge in [-0.3, -0.25) is 4.79 Å². The first kappa shape index (κ1) is 13.8.